The molecule has 0 atom stereocenters. The summed E-state index contributed by atoms with van der Waals surface area (Å²) < 4.78 is 10.6. The van der Waals surface area contributed by atoms with E-state index < -0.39 is 0 Å². The highest BCUT2D eigenvalue weighted by molar-refractivity contribution is 5.74. The van der Waals surface area contributed by atoms with Crippen LogP contribution in [0.4, 0.5) is 0 Å². The molecule has 2 aromatic rings. The summed E-state index contributed by atoms with van der Waals surface area (Å²) in [7, 11) is 0. The zero-order valence-corrected chi connectivity index (χ0v) is 7.86. The van der Waals surface area contributed by atoms with Crippen molar-refractivity contribution in [3.05, 3.63) is 24.1 Å². The number of aryl methyl sites for hydroxylation is 1. The Morgan fingerprint density at radius 1 is 1.50 bits per heavy atom. The summed E-state index contributed by atoms with van der Waals surface area (Å²) in [6.07, 6.45) is 0. The van der Waals surface area contributed by atoms with Crippen molar-refractivity contribution in [1.82, 2.24) is 4.98 Å². The van der Waals surface area contributed by atoms with Gasteiger partial charge in [0.15, 0.2) is 11.5 Å². The molecule has 0 radical (unpaired) electrons. The van der Waals surface area contributed by atoms with Crippen LogP contribution in [0.25, 0.3) is 11.1 Å². The SMILES string of the molecule is Cc1nc2cc(OCCO)ccc2o1. The van der Waals surface area contributed by atoms with Gasteiger partial charge >= 0.3 is 0 Å². The van der Waals surface area contributed by atoms with Crippen molar-refractivity contribution in [3.8, 4) is 5.75 Å². The molecule has 74 valence electrons. The van der Waals surface area contributed by atoms with E-state index in [0.29, 0.717) is 18.2 Å². The lowest BCUT2D eigenvalue weighted by Crippen LogP contribution is -2.01. The van der Waals surface area contributed by atoms with E-state index in [1.54, 1.807) is 19.1 Å². The number of ether oxygens (including phenoxy) is 1. The van der Waals surface area contributed by atoms with Gasteiger partial charge in [0, 0.05) is 13.0 Å². The minimum Gasteiger partial charge on any atom is -0.491 e. The van der Waals surface area contributed by atoms with Crippen molar-refractivity contribution >= 4 is 11.1 Å². The standard InChI is InChI=1S/C10H11NO3/c1-7-11-9-6-8(13-5-4-12)2-3-10(9)14-7/h2-3,6,12H,4-5H2,1H3. The summed E-state index contributed by atoms with van der Waals surface area (Å²) in [4.78, 5) is 4.17. The van der Waals surface area contributed by atoms with Crippen molar-refractivity contribution in [2.24, 2.45) is 0 Å². The van der Waals surface area contributed by atoms with Crippen LogP contribution in [0.3, 0.4) is 0 Å². The molecule has 0 aliphatic rings. The van der Waals surface area contributed by atoms with Crippen LogP contribution in [0, 0.1) is 6.92 Å². The van der Waals surface area contributed by atoms with Gasteiger partial charge in [-0.15, -0.1) is 0 Å². The van der Waals surface area contributed by atoms with Crippen LogP contribution in [0.15, 0.2) is 22.6 Å². The van der Waals surface area contributed by atoms with Gasteiger partial charge < -0.3 is 14.3 Å². The van der Waals surface area contributed by atoms with E-state index in [1.807, 2.05) is 6.07 Å². The maximum atomic E-state index is 8.59. The van der Waals surface area contributed by atoms with Crippen molar-refractivity contribution < 1.29 is 14.3 Å². The van der Waals surface area contributed by atoms with Crippen LogP contribution >= 0.6 is 0 Å². The van der Waals surface area contributed by atoms with Crippen LogP contribution < -0.4 is 4.74 Å². The molecule has 0 saturated heterocycles. The number of rotatable bonds is 3. The first-order valence-corrected chi connectivity index (χ1v) is 4.40. The summed E-state index contributed by atoms with van der Waals surface area (Å²) in [5.41, 5.74) is 1.52. The summed E-state index contributed by atoms with van der Waals surface area (Å²) in [5, 5.41) is 8.59. The highest BCUT2D eigenvalue weighted by Crippen LogP contribution is 2.20. The van der Waals surface area contributed by atoms with E-state index in [0.717, 1.165) is 11.1 Å². The molecule has 1 aromatic heterocycles. The molecule has 0 saturated carbocycles. The third kappa shape index (κ3) is 1.70. The molecule has 1 heterocycles. The molecule has 14 heavy (non-hydrogen) atoms. The van der Waals surface area contributed by atoms with E-state index in [9.17, 15) is 0 Å². The Morgan fingerprint density at radius 3 is 3.14 bits per heavy atom. The Morgan fingerprint density at radius 2 is 2.36 bits per heavy atom. The molecule has 1 N–H and O–H groups in total. The number of aromatic nitrogens is 1. The number of oxazole rings is 1. The molecule has 0 unspecified atom stereocenters. The van der Waals surface area contributed by atoms with Gasteiger partial charge in [0.25, 0.3) is 0 Å². The Hall–Kier alpha value is -1.55. The molecule has 0 aliphatic carbocycles. The number of hydrogen-bond acceptors (Lipinski definition) is 4. The topological polar surface area (TPSA) is 55.5 Å². The average Bonchev–Trinajstić information content (AvgIpc) is 2.54. The molecule has 0 bridgehead atoms. The van der Waals surface area contributed by atoms with Crippen molar-refractivity contribution in [2.75, 3.05) is 13.2 Å². The van der Waals surface area contributed by atoms with Crippen LogP contribution in [0.1, 0.15) is 5.89 Å². The fourth-order valence-electron chi connectivity index (χ4n) is 1.28. The highest BCUT2D eigenvalue weighted by atomic mass is 16.5. The predicted octanol–water partition coefficient (Wildman–Crippen LogP) is 1.51. The lowest BCUT2D eigenvalue weighted by Gasteiger charge is -2.02. The number of aliphatic hydroxyl groups is 1. The predicted molar refractivity (Wildman–Crippen MR) is 51.3 cm³/mol. The van der Waals surface area contributed by atoms with Crippen LogP contribution in [0.2, 0.25) is 0 Å². The van der Waals surface area contributed by atoms with Crippen molar-refractivity contribution in [1.29, 1.82) is 0 Å². The van der Waals surface area contributed by atoms with Gasteiger partial charge in [0.2, 0.25) is 0 Å². The molecule has 0 spiro atoms. The van der Waals surface area contributed by atoms with E-state index in [1.165, 1.54) is 0 Å². The maximum absolute atomic E-state index is 8.59. The third-order valence-corrected chi connectivity index (χ3v) is 1.83. The lowest BCUT2D eigenvalue weighted by molar-refractivity contribution is 0.201. The molecule has 0 aliphatic heterocycles. The normalized spacial score (nSPS) is 10.7. The fraction of sp³-hybridized carbons (Fsp3) is 0.300. The van der Waals surface area contributed by atoms with Crippen molar-refractivity contribution in [3.63, 3.8) is 0 Å². The molecule has 0 fully saturated rings. The summed E-state index contributed by atoms with van der Waals surface area (Å²) in [5.74, 6) is 1.33. The quantitative estimate of drug-likeness (QED) is 0.802. The minimum atomic E-state index is 0.00980. The Balaban J connectivity index is 2.31. The first-order valence-electron chi connectivity index (χ1n) is 4.40. The number of fused-ring (bicyclic) bond motifs is 1. The van der Waals surface area contributed by atoms with Crippen LogP contribution in [-0.4, -0.2) is 23.3 Å². The summed E-state index contributed by atoms with van der Waals surface area (Å²) >= 11 is 0. The fourth-order valence-corrected chi connectivity index (χ4v) is 1.28. The van der Waals surface area contributed by atoms with Crippen LogP contribution in [0.5, 0.6) is 5.75 Å². The number of hydrogen-bond donors (Lipinski definition) is 1. The van der Waals surface area contributed by atoms with Gasteiger partial charge in [0.05, 0.1) is 6.61 Å². The monoisotopic (exact) mass is 193 g/mol. The number of aliphatic hydroxyl groups excluding tert-OH is 1. The van der Waals surface area contributed by atoms with Gasteiger partial charge in [-0.05, 0) is 12.1 Å². The van der Waals surface area contributed by atoms with E-state index in [-0.39, 0.29) is 6.61 Å². The molecular weight excluding hydrogens is 182 g/mol. The van der Waals surface area contributed by atoms with Gasteiger partial charge in [-0.25, -0.2) is 4.98 Å². The molecule has 4 heteroatoms. The third-order valence-electron chi connectivity index (χ3n) is 1.83. The number of benzene rings is 1. The molecule has 4 nitrogen and oxygen atoms in total. The zero-order chi connectivity index (χ0) is 9.97. The average molecular weight is 193 g/mol. The first-order chi connectivity index (χ1) is 6.79. The van der Waals surface area contributed by atoms with Gasteiger partial charge in [-0.1, -0.05) is 0 Å². The Labute approximate surface area is 81.1 Å². The Kier molecular flexibility index (Phi) is 2.37. The highest BCUT2D eigenvalue weighted by Gasteiger charge is 2.03. The lowest BCUT2D eigenvalue weighted by atomic mass is 10.3. The molecule has 0 amide bonds. The molecule has 1 aromatic carbocycles. The second-order valence-corrected chi connectivity index (χ2v) is 2.93. The van der Waals surface area contributed by atoms with Gasteiger partial charge in [-0.3, -0.25) is 0 Å². The second kappa shape index (κ2) is 3.67. The largest absolute Gasteiger partial charge is 0.491 e. The van der Waals surface area contributed by atoms with E-state index in [4.69, 9.17) is 14.3 Å². The van der Waals surface area contributed by atoms with Crippen LogP contribution in [-0.2, 0) is 0 Å². The minimum absolute atomic E-state index is 0.00980. The Bertz CT molecular complexity index is 436. The first kappa shape index (κ1) is 9.02. The molecular formula is C10H11NO3. The van der Waals surface area contributed by atoms with Gasteiger partial charge in [0.1, 0.15) is 17.9 Å². The van der Waals surface area contributed by atoms with E-state index >= 15 is 0 Å². The summed E-state index contributed by atoms with van der Waals surface area (Å²) in [6.45, 7) is 2.10. The zero-order valence-electron chi connectivity index (χ0n) is 7.86. The molecule has 2 rings (SSSR count). The second-order valence-electron chi connectivity index (χ2n) is 2.93. The number of nitrogens with zero attached hydrogens (tertiary/aromatic N) is 1. The smallest absolute Gasteiger partial charge is 0.192 e. The van der Waals surface area contributed by atoms with Crippen molar-refractivity contribution in [2.45, 2.75) is 6.92 Å². The maximum Gasteiger partial charge on any atom is 0.192 e. The van der Waals surface area contributed by atoms with Gasteiger partial charge in [-0.2, -0.15) is 0 Å². The van der Waals surface area contributed by atoms with E-state index in [2.05, 4.69) is 4.98 Å². The summed E-state index contributed by atoms with van der Waals surface area (Å²) in [6, 6.07) is 5.39.